The van der Waals surface area contributed by atoms with Crippen LogP contribution in [0.5, 0.6) is 0 Å². The molecule has 0 amide bonds. The van der Waals surface area contributed by atoms with Gasteiger partial charge in [0.15, 0.2) is 5.16 Å². The summed E-state index contributed by atoms with van der Waals surface area (Å²) >= 11 is 1.30. The summed E-state index contributed by atoms with van der Waals surface area (Å²) in [6.45, 7) is 4.46. The van der Waals surface area contributed by atoms with Crippen LogP contribution < -0.4 is 5.69 Å². The van der Waals surface area contributed by atoms with E-state index in [4.69, 9.17) is 4.74 Å². The average Bonchev–Trinajstić information content (AvgIpc) is 2.76. The lowest BCUT2D eigenvalue weighted by atomic mass is 10.3. The molecular weight excluding hydrogens is 242 g/mol. The highest BCUT2D eigenvalue weighted by atomic mass is 32.2. The number of hydrogen-bond donors (Lipinski definition) is 1. The molecule has 1 fully saturated rings. The molecule has 0 spiro atoms. The van der Waals surface area contributed by atoms with Gasteiger partial charge in [-0.05, 0) is 13.3 Å². The number of thioether (sulfide) groups is 1. The van der Waals surface area contributed by atoms with Gasteiger partial charge in [0, 0.05) is 13.0 Å². The molecule has 0 aliphatic carbocycles. The van der Waals surface area contributed by atoms with Crippen LogP contribution in [-0.2, 0) is 16.1 Å². The molecule has 94 valence electrons. The molecule has 1 aromatic rings. The van der Waals surface area contributed by atoms with Crippen LogP contribution in [0.25, 0.3) is 0 Å². The number of rotatable bonds is 4. The van der Waals surface area contributed by atoms with Crippen molar-refractivity contribution in [2.75, 3.05) is 0 Å². The predicted molar refractivity (Wildman–Crippen MR) is 63.0 cm³/mol. The van der Waals surface area contributed by atoms with Crippen molar-refractivity contribution in [2.24, 2.45) is 0 Å². The Balaban J connectivity index is 2.13. The minimum Gasteiger partial charge on any atom is -0.462 e. The number of ether oxygens (including phenoxy) is 1. The molecule has 0 aromatic carbocycles. The summed E-state index contributed by atoms with van der Waals surface area (Å²) < 4.78 is 6.62. The smallest absolute Gasteiger partial charge is 0.343 e. The molecule has 6 nitrogen and oxygen atoms in total. The van der Waals surface area contributed by atoms with Gasteiger partial charge in [0.05, 0.1) is 0 Å². The molecule has 1 aromatic heterocycles. The van der Waals surface area contributed by atoms with E-state index in [1.54, 1.807) is 4.57 Å². The van der Waals surface area contributed by atoms with Crippen LogP contribution in [0.4, 0.5) is 0 Å². The lowest BCUT2D eigenvalue weighted by Gasteiger charge is -2.05. The van der Waals surface area contributed by atoms with Crippen molar-refractivity contribution in [1.82, 2.24) is 14.8 Å². The normalized spacial score (nSPS) is 24.0. The number of cyclic esters (lactones) is 1. The third-order valence-electron chi connectivity index (χ3n) is 2.54. The Morgan fingerprint density at radius 3 is 2.94 bits per heavy atom. The molecular formula is C10H15N3O3S. The van der Waals surface area contributed by atoms with Gasteiger partial charge in [-0.25, -0.2) is 9.89 Å². The number of aromatic nitrogens is 3. The van der Waals surface area contributed by atoms with Gasteiger partial charge in [-0.2, -0.15) is 0 Å². The maximum atomic E-state index is 11.5. The van der Waals surface area contributed by atoms with Gasteiger partial charge in [0.25, 0.3) is 0 Å². The minimum atomic E-state index is -0.254. The van der Waals surface area contributed by atoms with E-state index in [1.807, 2.05) is 13.8 Å². The zero-order chi connectivity index (χ0) is 12.4. The molecule has 0 unspecified atom stereocenters. The monoisotopic (exact) mass is 257 g/mol. The highest BCUT2D eigenvalue weighted by molar-refractivity contribution is 8.00. The molecule has 1 saturated heterocycles. The largest absolute Gasteiger partial charge is 0.462 e. The first-order valence-electron chi connectivity index (χ1n) is 5.64. The van der Waals surface area contributed by atoms with Gasteiger partial charge in [0.1, 0.15) is 11.4 Å². The van der Waals surface area contributed by atoms with E-state index in [9.17, 15) is 9.59 Å². The Morgan fingerprint density at radius 1 is 1.59 bits per heavy atom. The fourth-order valence-corrected chi connectivity index (χ4v) is 2.93. The third kappa shape index (κ3) is 2.54. The van der Waals surface area contributed by atoms with E-state index < -0.39 is 0 Å². The van der Waals surface area contributed by atoms with Crippen molar-refractivity contribution in [3.8, 4) is 0 Å². The van der Waals surface area contributed by atoms with Gasteiger partial charge in [-0.1, -0.05) is 18.7 Å². The molecule has 1 aliphatic rings. The molecule has 7 heteroatoms. The molecule has 0 radical (unpaired) electrons. The number of nitrogens with zero attached hydrogens (tertiary/aromatic N) is 2. The fraction of sp³-hybridized carbons (Fsp3) is 0.700. The second-order valence-electron chi connectivity index (χ2n) is 4.05. The van der Waals surface area contributed by atoms with Crippen molar-refractivity contribution in [3.05, 3.63) is 10.5 Å². The van der Waals surface area contributed by atoms with Crippen LogP contribution in [0.15, 0.2) is 9.95 Å². The number of nitrogens with one attached hydrogen (secondary N) is 1. The molecule has 2 rings (SSSR count). The van der Waals surface area contributed by atoms with E-state index in [2.05, 4.69) is 10.2 Å². The second kappa shape index (κ2) is 4.95. The lowest BCUT2D eigenvalue weighted by molar-refractivity contribution is -0.140. The van der Waals surface area contributed by atoms with E-state index >= 15 is 0 Å². The molecule has 0 bridgehead atoms. The summed E-state index contributed by atoms with van der Waals surface area (Å²) in [7, 11) is 0. The van der Waals surface area contributed by atoms with Crippen molar-refractivity contribution in [1.29, 1.82) is 0 Å². The molecule has 2 heterocycles. The number of esters is 1. The number of aromatic amines is 1. The first kappa shape index (κ1) is 12.2. The Morgan fingerprint density at radius 2 is 2.35 bits per heavy atom. The Bertz CT molecular complexity index is 468. The van der Waals surface area contributed by atoms with Crippen LogP contribution >= 0.6 is 11.8 Å². The summed E-state index contributed by atoms with van der Waals surface area (Å²) in [6, 6.07) is 0. The van der Waals surface area contributed by atoms with Crippen molar-refractivity contribution in [3.63, 3.8) is 0 Å². The van der Waals surface area contributed by atoms with Crippen LogP contribution in [0.2, 0.25) is 0 Å². The molecule has 1 aliphatic heterocycles. The molecule has 2 atom stereocenters. The summed E-state index contributed by atoms with van der Waals surface area (Å²) in [5.41, 5.74) is -0.228. The summed E-state index contributed by atoms with van der Waals surface area (Å²) in [6.07, 6.45) is 1.46. The van der Waals surface area contributed by atoms with Crippen LogP contribution in [0.1, 0.15) is 26.7 Å². The number of carbonyl (C=O) groups excluding carboxylic acids is 1. The van der Waals surface area contributed by atoms with Crippen molar-refractivity contribution >= 4 is 17.7 Å². The lowest BCUT2D eigenvalue weighted by Crippen LogP contribution is -2.18. The highest BCUT2D eigenvalue weighted by Crippen LogP contribution is 2.30. The summed E-state index contributed by atoms with van der Waals surface area (Å²) in [5, 5.41) is 6.65. The van der Waals surface area contributed by atoms with Crippen LogP contribution in [0, 0.1) is 0 Å². The summed E-state index contributed by atoms with van der Waals surface area (Å²) in [5.74, 6) is -0.221. The van der Waals surface area contributed by atoms with Gasteiger partial charge in [-0.15, -0.1) is 5.10 Å². The van der Waals surface area contributed by atoms with Crippen molar-refractivity contribution < 1.29 is 9.53 Å². The second-order valence-corrected chi connectivity index (χ2v) is 5.22. The first-order chi connectivity index (χ1) is 8.11. The Hall–Kier alpha value is -1.24. The zero-order valence-electron chi connectivity index (χ0n) is 9.80. The van der Waals surface area contributed by atoms with Gasteiger partial charge in [-0.3, -0.25) is 9.36 Å². The van der Waals surface area contributed by atoms with Crippen LogP contribution in [-0.4, -0.2) is 32.1 Å². The standard InChI is InChI=1S/C10H15N3O3S/c1-3-4-13-9(15)11-12-10(13)17-7-5-6(2)16-8(7)14/h6-7H,3-5H2,1-2H3,(H,11,15)/t6-,7-/m1/s1. The average molecular weight is 257 g/mol. The van der Waals surface area contributed by atoms with Gasteiger partial charge >= 0.3 is 11.7 Å². The number of hydrogen-bond acceptors (Lipinski definition) is 5. The predicted octanol–water partition coefficient (Wildman–Crippen LogP) is 0.777. The van der Waals surface area contributed by atoms with Crippen molar-refractivity contribution in [2.45, 2.75) is 49.7 Å². The maximum absolute atomic E-state index is 11.5. The minimum absolute atomic E-state index is 0.0507. The van der Waals surface area contributed by atoms with Crippen LogP contribution in [0.3, 0.4) is 0 Å². The summed E-state index contributed by atoms with van der Waals surface area (Å²) in [4.78, 5) is 23.0. The molecule has 1 N–H and O–H groups in total. The van der Waals surface area contributed by atoms with E-state index in [-0.39, 0.29) is 23.0 Å². The first-order valence-corrected chi connectivity index (χ1v) is 6.52. The Kier molecular flexibility index (Phi) is 3.56. The van der Waals surface area contributed by atoms with Gasteiger partial charge < -0.3 is 4.74 Å². The quantitative estimate of drug-likeness (QED) is 0.806. The van der Waals surface area contributed by atoms with E-state index in [1.165, 1.54) is 11.8 Å². The fourth-order valence-electron chi connectivity index (χ4n) is 1.76. The van der Waals surface area contributed by atoms with E-state index in [0.29, 0.717) is 18.1 Å². The maximum Gasteiger partial charge on any atom is 0.343 e. The Labute approximate surface area is 103 Å². The molecule has 0 saturated carbocycles. The number of H-pyrrole nitrogens is 1. The van der Waals surface area contributed by atoms with Gasteiger partial charge in [0.2, 0.25) is 0 Å². The zero-order valence-corrected chi connectivity index (χ0v) is 10.6. The highest BCUT2D eigenvalue weighted by Gasteiger charge is 2.34. The number of carbonyl (C=O) groups is 1. The molecule has 17 heavy (non-hydrogen) atoms. The SMILES string of the molecule is CCCn1c(S[C@@H]2C[C@@H](C)OC2=O)n[nH]c1=O. The van der Waals surface area contributed by atoms with E-state index in [0.717, 1.165) is 6.42 Å². The third-order valence-corrected chi connectivity index (χ3v) is 3.74. The topological polar surface area (TPSA) is 77.0 Å².